The number of hydrogen-bond donors (Lipinski definition) is 1. The van der Waals surface area contributed by atoms with Crippen molar-refractivity contribution in [3.05, 3.63) is 30.1 Å². The van der Waals surface area contributed by atoms with E-state index in [1.165, 1.54) is 24.8 Å². The van der Waals surface area contributed by atoms with Crippen molar-refractivity contribution in [1.82, 2.24) is 10.3 Å². The van der Waals surface area contributed by atoms with Crippen molar-refractivity contribution in [1.29, 1.82) is 0 Å². The molecule has 1 aromatic rings. The molecule has 0 spiro atoms. The predicted octanol–water partition coefficient (Wildman–Crippen LogP) is 2.53. The Hall–Kier alpha value is -0.890. The van der Waals surface area contributed by atoms with Gasteiger partial charge < -0.3 is 5.32 Å². The third-order valence-corrected chi connectivity index (χ3v) is 2.88. The first-order valence-electron chi connectivity index (χ1n) is 5.49. The second-order valence-electron chi connectivity index (χ2n) is 4.19. The van der Waals surface area contributed by atoms with Crippen LogP contribution < -0.4 is 5.32 Å². The minimum atomic E-state index is 0.433. The number of nitrogens with zero attached hydrogens (tertiary/aromatic N) is 1. The highest BCUT2D eigenvalue weighted by molar-refractivity contribution is 5.12. The van der Waals surface area contributed by atoms with E-state index in [4.69, 9.17) is 0 Å². The maximum atomic E-state index is 4.12. The molecule has 1 heterocycles. The molecule has 1 saturated carbocycles. The van der Waals surface area contributed by atoms with Gasteiger partial charge in [-0.25, -0.2) is 0 Å². The molecule has 0 saturated heterocycles. The summed E-state index contributed by atoms with van der Waals surface area (Å²) in [6.45, 7) is 3.34. The summed E-state index contributed by atoms with van der Waals surface area (Å²) >= 11 is 0. The van der Waals surface area contributed by atoms with Gasteiger partial charge in [0.2, 0.25) is 0 Å². The van der Waals surface area contributed by atoms with Crippen molar-refractivity contribution in [2.75, 3.05) is 6.54 Å². The van der Waals surface area contributed by atoms with Crippen molar-refractivity contribution >= 4 is 0 Å². The highest BCUT2D eigenvalue weighted by Gasteiger charge is 2.20. The van der Waals surface area contributed by atoms with Crippen LogP contribution in [0.25, 0.3) is 0 Å². The van der Waals surface area contributed by atoms with Crippen LogP contribution in [-0.4, -0.2) is 11.5 Å². The quantitative estimate of drug-likeness (QED) is 0.771. The SMILES string of the molecule is C[C@H](NCCC1CC1)c1cccnc1. The summed E-state index contributed by atoms with van der Waals surface area (Å²) in [6, 6.07) is 4.55. The zero-order valence-electron chi connectivity index (χ0n) is 8.74. The maximum Gasteiger partial charge on any atom is 0.0315 e. The molecule has 0 bridgehead atoms. The lowest BCUT2D eigenvalue weighted by atomic mass is 10.1. The third kappa shape index (κ3) is 2.81. The number of pyridine rings is 1. The molecule has 1 N–H and O–H groups in total. The summed E-state index contributed by atoms with van der Waals surface area (Å²) in [5.41, 5.74) is 1.28. The van der Waals surface area contributed by atoms with Crippen LogP contribution >= 0.6 is 0 Å². The van der Waals surface area contributed by atoms with Gasteiger partial charge in [0.25, 0.3) is 0 Å². The molecule has 0 unspecified atom stereocenters. The molecule has 76 valence electrons. The molecule has 2 nitrogen and oxygen atoms in total. The summed E-state index contributed by atoms with van der Waals surface area (Å²) < 4.78 is 0. The molecule has 1 aliphatic rings. The zero-order chi connectivity index (χ0) is 9.80. The molecule has 0 amide bonds. The highest BCUT2D eigenvalue weighted by atomic mass is 14.9. The predicted molar refractivity (Wildman–Crippen MR) is 58.0 cm³/mol. The normalized spacial score (nSPS) is 18.1. The van der Waals surface area contributed by atoms with E-state index in [0.29, 0.717) is 6.04 Å². The zero-order valence-corrected chi connectivity index (χ0v) is 8.74. The number of aromatic nitrogens is 1. The highest BCUT2D eigenvalue weighted by Crippen LogP contribution is 2.31. The van der Waals surface area contributed by atoms with Gasteiger partial charge >= 0.3 is 0 Å². The van der Waals surface area contributed by atoms with Crippen LogP contribution in [0.4, 0.5) is 0 Å². The van der Waals surface area contributed by atoms with Crippen molar-refractivity contribution in [3.8, 4) is 0 Å². The van der Waals surface area contributed by atoms with Crippen LogP contribution in [0.3, 0.4) is 0 Å². The lowest BCUT2D eigenvalue weighted by Crippen LogP contribution is -2.20. The average Bonchev–Trinajstić information content (AvgIpc) is 3.03. The van der Waals surface area contributed by atoms with E-state index in [9.17, 15) is 0 Å². The van der Waals surface area contributed by atoms with Gasteiger partial charge in [0.1, 0.15) is 0 Å². The lowest BCUT2D eigenvalue weighted by Gasteiger charge is -2.13. The minimum Gasteiger partial charge on any atom is -0.310 e. The first-order valence-corrected chi connectivity index (χ1v) is 5.49. The summed E-state index contributed by atoms with van der Waals surface area (Å²) in [7, 11) is 0. The van der Waals surface area contributed by atoms with Gasteiger partial charge in [0.05, 0.1) is 0 Å². The van der Waals surface area contributed by atoms with Gasteiger partial charge in [-0.05, 0) is 37.4 Å². The minimum absolute atomic E-state index is 0.433. The molecule has 2 rings (SSSR count). The summed E-state index contributed by atoms with van der Waals surface area (Å²) in [5.74, 6) is 1.02. The standard InChI is InChI=1S/C12H18N2/c1-10(12-3-2-7-13-9-12)14-8-6-11-4-5-11/h2-3,7,9-11,14H,4-6,8H2,1H3/t10-/m0/s1. The molecule has 2 heteroatoms. The summed E-state index contributed by atoms with van der Waals surface area (Å²) in [5, 5.41) is 3.53. The van der Waals surface area contributed by atoms with Crippen LogP contribution in [-0.2, 0) is 0 Å². The van der Waals surface area contributed by atoms with Crippen molar-refractivity contribution < 1.29 is 0 Å². The Balaban J connectivity index is 1.74. The third-order valence-electron chi connectivity index (χ3n) is 2.88. The fourth-order valence-electron chi connectivity index (χ4n) is 1.66. The van der Waals surface area contributed by atoms with E-state index in [-0.39, 0.29) is 0 Å². The molecule has 1 aliphatic carbocycles. The van der Waals surface area contributed by atoms with Crippen molar-refractivity contribution in [3.63, 3.8) is 0 Å². The maximum absolute atomic E-state index is 4.12. The van der Waals surface area contributed by atoms with Crippen LogP contribution in [0.15, 0.2) is 24.5 Å². The van der Waals surface area contributed by atoms with Crippen LogP contribution in [0.2, 0.25) is 0 Å². The first kappa shape index (κ1) is 9.66. The fourth-order valence-corrected chi connectivity index (χ4v) is 1.66. The molecule has 14 heavy (non-hydrogen) atoms. The van der Waals surface area contributed by atoms with Gasteiger partial charge in [0, 0.05) is 18.4 Å². The van der Waals surface area contributed by atoms with Gasteiger partial charge in [-0.1, -0.05) is 18.9 Å². The molecule has 1 aromatic heterocycles. The van der Waals surface area contributed by atoms with E-state index in [1.54, 1.807) is 0 Å². The molecule has 0 aromatic carbocycles. The Labute approximate surface area is 85.7 Å². The van der Waals surface area contributed by atoms with Crippen LogP contribution in [0, 0.1) is 5.92 Å². The van der Waals surface area contributed by atoms with Gasteiger partial charge in [0.15, 0.2) is 0 Å². The van der Waals surface area contributed by atoms with E-state index < -0.39 is 0 Å². The molecular weight excluding hydrogens is 172 g/mol. The molecule has 0 aliphatic heterocycles. The summed E-state index contributed by atoms with van der Waals surface area (Å²) in [6.07, 6.45) is 7.99. The Kier molecular flexibility index (Phi) is 3.14. The number of hydrogen-bond acceptors (Lipinski definition) is 2. The molecular formula is C12H18N2. The van der Waals surface area contributed by atoms with Gasteiger partial charge in [-0.3, -0.25) is 4.98 Å². The van der Waals surface area contributed by atoms with E-state index in [1.807, 2.05) is 18.5 Å². The Morgan fingerprint density at radius 3 is 3.07 bits per heavy atom. The molecule has 1 fully saturated rings. The molecule has 0 radical (unpaired) electrons. The van der Waals surface area contributed by atoms with Crippen molar-refractivity contribution in [2.45, 2.75) is 32.2 Å². The van der Waals surface area contributed by atoms with Gasteiger partial charge in [-0.15, -0.1) is 0 Å². The Bertz CT molecular complexity index is 267. The topological polar surface area (TPSA) is 24.9 Å². The second-order valence-corrected chi connectivity index (χ2v) is 4.19. The summed E-state index contributed by atoms with van der Waals surface area (Å²) in [4.78, 5) is 4.12. The number of rotatable bonds is 5. The average molecular weight is 190 g/mol. The van der Waals surface area contributed by atoms with Crippen molar-refractivity contribution in [2.24, 2.45) is 5.92 Å². The van der Waals surface area contributed by atoms with E-state index >= 15 is 0 Å². The van der Waals surface area contributed by atoms with Crippen LogP contribution in [0.5, 0.6) is 0 Å². The van der Waals surface area contributed by atoms with Crippen LogP contribution in [0.1, 0.15) is 37.8 Å². The monoisotopic (exact) mass is 190 g/mol. The largest absolute Gasteiger partial charge is 0.310 e. The second kappa shape index (κ2) is 4.56. The Morgan fingerprint density at radius 2 is 2.43 bits per heavy atom. The van der Waals surface area contributed by atoms with E-state index in [0.717, 1.165) is 12.5 Å². The fraction of sp³-hybridized carbons (Fsp3) is 0.583. The number of nitrogens with one attached hydrogen (secondary N) is 1. The van der Waals surface area contributed by atoms with Gasteiger partial charge in [-0.2, -0.15) is 0 Å². The lowest BCUT2D eigenvalue weighted by molar-refractivity contribution is 0.538. The smallest absolute Gasteiger partial charge is 0.0315 e. The first-order chi connectivity index (χ1) is 6.86. The Morgan fingerprint density at radius 1 is 1.57 bits per heavy atom. The van der Waals surface area contributed by atoms with E-state index in [2.05, 4.69) is 23.3 Å². The molecule has 1 atom stereocenters.